The molecule has 2 aromatic rings. The van der Waals surface area contributed by atoms with E-state index in [4.69, 9.17) is 4.74 Å². The first-order valence-corrected chi connectivity index (χ1v) is 5.66. The van der Waals surface area contributed by atoms with E-state index in [0.717, 1.165) is 11.1 Å². The fraction of sp³-hybridized carbons (Fsp3) is 0.143. The first-order chi connectivity index (χ1) is 8.75. The zero-order chi connectivity index (χ0) is 12.8. The molecule has 0 atom stereocenters. The van der Waals surface area contributed by atoms with Crippen molar-refractivity contribution in [1.29, 1.82) is 0 Å². The van der Waals surface area contributed by atoms with Gasteiger partial charge in [-0.2, -0.15) is 0 Å². The van der Waals surface area contributed by atoms with Gasteiger partial charge < -0.3 is 10.1 Å². The highest BCUT2D eigenvalue weighted by Crippen LogP contribution is 2.14. The first-order valence-electron chi connectivity index (χ1n) is 5.66. The number of hydrogen-bond donors (Lipinski definition) is 1. The predicted octanol–water partition coefficient (Wildman–Crippen LogP) is 2.68. The van der Waals surface area contributed by atoms with Crippen LogP contribution in [-0.4, -0.2) is 11.1 Å². The van der Waals surface area contributed by atoms with E-state index >= 15 is 0 Å². The molecule has 0 radical (unpaired) electrons. The van der Waals surface area contributed by atoms with Crippen molar-refractivity contribution in [2.45, 2.75) is 13.5 Å². The van der Waals surface area contributed by atoms with Crippen molar-refractivity contribution in [3.8, 4) is 5.75 Å². The summed E-state index contributed by atoms with van der Waals surface area (Å²) in [7, 11) is 0. The number of carbonyl (C=O) groups excluding carboxylic acids is 1. The summed E-state index contributed by atoms with van der Waals surface area (Å²) in [5.41, 5.74) is 1.90. The molecule has 0 saturated carbocycles. The van der Waals surface area contributed by atoms with Crippen molar-refractivity contribution in [2.24, 2.45) is 0 Å². The molecule has 0 fully saturated rings. The van der Waals surface area contributed by atoms with Crippen LogP contribution >= 0.6 is 0 Å². The topological polar surface area (TPSA) is 51.2 Å². The fourth-order valence-electron chi connectivity index (χ4n) is 1.46. The average molecular weight is 242 g/mol. The molecule has 1 heterocycles. The highest BCUT2D eigenvalue weighted by Gasteiger charge is 2.06. The third-order valence-corrected chi connectivity index (χ3v) is 2.47. The number of rotatable bonds is 3. The van der Waals surface area contributed by atoms with Crippen LogP contribution in [-0.2, 0) is 6.54 Å². The Morgan fingerprint density at radius 2 is 2.06 bits per heavy atom. The number of benzene rings is 1. The van der Waals surface area contributed by atoms with Crippen molar-refractivity contribution < 1.29 is 9.53 Å². The Kier molecular flexibility index (Phi) is 3.91. The molecular formula is C14H14N2O2. The van der Waals surface area contributed by atoms with Crippen LogP contribution in [0, 0.1) is 6.92 Å². The van der Waals surface area contributed by atoms with Gasteiger partial charge in [0.2, 0.25) is 0 Å². The molecule has 0 saturated heterocycles. The number of carbonyl (C=O) groups is 1. The largest absolute Gasteiger partial charge is 0.412 e. The molecule has 0 spiro atoms. The molecule has 4 heteroatoms. The molecule has 1 amide bonds. The minimum Gasteiger partial charge on any atom is -0.408 e. The van der Waals surface area contributed by atoms with Crippen molar-refractivity contribution in [3.63, 3.8) is 0 Å². The number of aromatic nitrogens is 1. The van der Waals surface area contributed by atoms with E-state index < -0.39 is 6.09 Å². The summed E-state index contributed by atoms with van der Waals surface area (Å²) in [4.78, 5) is 15.5. The molecule has 0 aliphatic carbocycles. The molecule has 0 aliphatic rings. The normalized spacial score (nSPS) is 9.83. The Hall–Kier alpha value is -2.36. The molecule has 18 heavy (non-hydrogen) atoms. The maximum absolute atomic E-state index is 11.6. The maximum atomic E-state index is 11.6. The number of amides is 1. The van der Waals surface area contributed by atoms with E-state index in [2.05, 4.69) is 10.3 Å². The van der Waals surface area contributed by atoms with Crippen LogP contribution in [0.4, 0.5) is 4.79 Å². The number of nitrogens with one attached hydrogen (secondary N) is 1. The molecule has 92 valence electrons. The van der Waals surface area contributed by atoms with Gasteiger partial charge in [0.1, 0.15) is 0 Å². The van der Waals surface area contributed by atoms with Crippen LogP contribution in [0.15, 0.2) is 48.8 Å². The molecule has 1 aromatic heterocycles. The summed E-state index contributed by atoms with van der Waals surface area (Å²) < 4.78 is 5.15. The van der Waals surface area contributed by atoms with E-state index in [1.165, 1.54) is 6.20 Å². The fourth-order valence-corrected chi connectivity index (χ4v) is 1.46. The second-order valence-corrected chi connectivity index (χ2v) is 3.87. The first kappa shape index (κ1) is 12.1. The van der Waals surface area contributed by atoms with Crippen molar-refractivity contribution in [1.82, 2.24) is 10.3 Å². The van der Waals surface area contributed by atoms with Gasteiger partial charge in [0.25, 0.3) is 0 Å². The van der Waals surface area contributed by atoms with Crippen LogP contribution in [0.3, 0.4) is 0 Å². The van der Waals surface area contributed by atoms with Crippen LogP contribution in [0.25, 0.3) is 0 Å². The Bertz CT molecular complexity index is 526. The third kappa shape index (κ3) is 3.31. The summed E-state index contributed by atoms with van der Waals surface area (Å²) in [5, 5.41) is 2.69. The molecule has 0 bridgehead atoms. The summed E-state index contributed by atoms with van der Waals surface area (Å²) in [6.07, 6.45) is 2.71. The molecule has 1 aromatic carbocycles. The van der Waals surface area contributed by atoms with Gasteiger partial charge in [0.15, 0.2) is 5.75 Å². The van der Waals surface area contributed by atoms with Crippen LogP contribution in [0.1, 0.15) is 11.1 Å². The SMILES string of the molecule is Cc1ccncc1OC(=O)NCc1ccccc1. The smallest absolute Gasteiger partial charge is 0.408 e. The standard InChI is InChI=1S/C14H14N2O2/c1-11-7-8-15-10-13(11)18-14(17)16-9-12-5-3-2-4-6-12/h2-8,10H,9H2,1H3,(H,16,17). The summed E-state index contributed by atoms with van der Waals surface area (Å²) >= 11 is 0. The lowest BCUT2D eigenvalue weighted by Crippen LogP contribution is -2.26. The number of nitrogens with zero attached hydrogens (tertiary/aromatic N) is 1. The minimum atomic E-state index is -0.477. The van der Waals surface area contributed by atoms with E-state index in [-0.39, 0.29) is 0 Å². The van der Waals surface area contributed by atoms with Crippen molar-refractivity contribution in [2.75, 3.05) is 0 Å². The van der Waals surface area contributed by atoms with E-state index in [0.29, 0.717) is 12.3 Å². The molecule has 4 nitrogen and oxygen atoms in total. The van der Waals surface area contributed by atoms with Crippen molar-refractivity contribution >= 4 is 6.09 Å². The molecule has 0 aliphatic heterocycles. The van der Waals surface area contributed by atoms with E-state index in [1.807, 2.05) is 37.3 Å². The Labute approximate surface area is 106 Å². The second kappa shape index (κ2) is 5.82. The van der Waals surface area contributed by atoms with Crippen LogP contribution in [0.5, 0.6) is 5.75 Å². The van der Waals surface area contributed by atoms with Gasteiger partial charge in [-0.1, -0.05) is 30.3 Å². The van der Waals surface area contributed by atoms with Gasteiger partial charge >= 0.3 is 6.09 Å². The minimum absolute atomic E-state index is 0.443. The van der Waals surface area contributed by atoms with Gasteiger partial charge in [-0.3, -0.25) is 4.98 Å². The highest BCUT2D eigenvalue weighted by atomic mass is 16.6. The number of ether oxygens (including phenoxy) is 1. The quantitative estimate of drug-likeness (QED) is 0.900. The lowest BCUT2D eigenvalue weighted by molar-refractivity contribution is 0.199. The third-order valence-electron chi connectivity index (χ3n) is 2.47. The van der Waals surface area contributed by atoms with Crippen LogP contribution in [0.2, 0.25) is 0 Å². The zero-order valence-electron chi connectivity index (χ0n) is 10.1. The van der Waals surface area contributed by atoms with E-state index in [9.17, 15) is 4.79 Å². The van der Waals surface area contributed by atoms with Gasteiger partial charge in [-0.05, 0) is 24.1 Å². The zero-order valence-corrected chi connectivity index (χ0v) is 10.1. The van der Waals surface area contributed by atoms with Crippen LogP contribution < -0.4 is 10.1 Å². The van der Waals surface area contributed by atoms with Gasteiger partial charge in [-0.15, -0.1) is 0 Å². The Morgan fingerprint density at radius 1 is 1.28 bits per heavy atom. The van der Waals surface area contributed by atoms with Gasteiger partial charge in [0.05, 0.1) is 6.20 Å². The number of pyridine rings is 1. The average Bonchev–Trinajstić information content (AvgIpc) is 2.40. The number of hydrogen-bond acceptors (Lipinski definition) is 3. The lowest BCUT2D eigenvalue weighted by atomic mass is 10.2. The maximum Gasteiger partial charge on any atom is 0.412 e. The molecular weight excluding hydrogens is 228 g/mol. The predicted molar refractivity (Wildman–Crippen MR) is 68.3 cm³/mol. The Balaban J connectivity index is 1.88. The molecule has 0 unspecified atom stereocenters. The monoisotopic (exact) mass is 242 g/mol. The summed E-state index contributed by atoms with van der Waals surface area (Å²) in [5.74, 6) is 0.475. The Morgan fingerprint density at radius 3 is 2.78 bits per heavy atom. The lowest BCUT2D eigenvalue weighted by Gasteiger charge is -2.08. The second-order valence-electron chi connectivity index (χ2n) is 3.87. The summed E-state index contributed by atoms with van der Waals surface area (Å²) in [6, 6.07) is 11.5. The van der Waals surface area contributed by atoms with Gasteiger partial charge in [-0.25, -0.2) is 4.79 Å². The van der Waals surface area contributed by atoms with Gasteiger partial charge in [0, 0.05) is 12.7 Å². The van der Waals surface area contributed by atoms with Crippen molar-refractivity contribution in [3.05, 3.63) is 59.9 Å². The molecule has 1 N–H and O–H groups in total. The summed E-state index contributed by atoms with van der Waals surface area (Å²) in [6.45, 7) is 2.31. The highest BCUT2D eigenvalue weighted by molar-refractivity contribution is 5.70. The van der Waals surface area contributed by atoms with E-state index in [1.54, 1.807) is 12.3 Å². The number of aryl methyl sites for hydroxylation is 1. The molecule has 2 rings (SSSR count).